The van der Waals surface area contributed by atoms with Gasteiger partial charge in [-0.25, -0.2) is 0 Å². The highest BCUT2D eigenvalue weighted by Crippen LogP contribution is 2.27. The van der Waals surface area contributed by atoms with Gasteiger partial charge in [-0.2, -0.15) is 0 Å². The summed E-state index contributed by atoms with van der Waals surface area (Å²) in [6.45, 7) is 6.70. The maximum atomic E-state index is 5.99. The molecule has 0 aliphatic carbocycles. The molecule has 0 radical (unpaired) electrons. The summed E-state index contributed by atoms with van der Waals surface area (Å²) in [7, 11) is 0. The predicted molar refractivity (Wildman–Crippen MR) is 99.7 cm³/mol. The van der Waals surface area contributed by atoms with Gasteiger partial charge in [0.25, 0.3) is 0 Å². The van der Waals surface area contributed by atoms with Crippen LogP contribution in [0.25, 0.3) is 0 Å². The minimum Gasteiger partial charge on any atom is -0.303 e. The molecule has 0 fully saturated rings. The Labute approximate surface area is 146 Å². The van der Waals surface area contributed by atoms with Gasteiger partial charge in [-0.05, 0) is 70.8 Å². The summed E-state index contributed by atoms with van der Waals surface area (Å²) in [6.07, 6.45) is 0. The molecule has 0 bridgehead atoms. The Hall–Kier alpha value is -0.580. The van der Waals surface area contributed by atoms with E-state index in [-0.39, 0.29) is 0 Å². The first-order valence-electron chi connectivity index (χ1n) is 7.24. The van der Waals surface area contributed by atoms with Gasteiger partial charge in [0.15, 0.2) is 0 Å². The number of nitrogens with one attached hydrogen (secondary N) is 1. The number of halogens is 2. The topological polar surface area (TPSA) is 12.0 Å². The van der Waals surface area contributed by atoms with Crippen LogP contribution in [-0.2, 0) is 0 Å². The van der Waals surface area contributed by atoms with Crippen LogP contribution in [0, 0.1) is 9.49 Å². The molecule has 0 aromatic heterocycles. The molecule has 1 nitrogen and oxygen atoms in total. The lowest BCUT2D eigenvalue weighted by molar-refractivity contribution is 0.374. The Morgan fingerprint density at radius 1 is 0.857 bits per heavy atom. The van der Waals surface area contributed by atoms with Gasteiger partial charge in [0.2, 0.25) is 0 Å². The van der Waals surface area contributed by atoms with Crippen LogP contribution in [-0.4, -0.2) is 0 Å². The third kappa shape index (κ3) is 4.70. The molecular formula is C18H21ClIN. The van der Waals surface area contributed by atoms with Crippen molar-refractivity contribution in [3.05, 3.63) is 68.3 Å². The smallest absolute Gasteiger partial charge is 0.0406 e. The molecule has 2 aromatic carbocycles. The van der Waals surface area contributed by atoms with Crippen LogP contribution in [0.5, 0.6) is 0 Å². The number of benzene rings is 2. The zero-order valence-corrected chi connectivity index (χ0v) is 15.5. The quantitative estimate of drug-likeness (QED) is 0.593. The fourth-order valence-electron chi connectivity index (χ4n) is 2.46. The van der Waals surface area contributed by atoms with Crippen LogP contribution in [0.15, 0.2) is 48.5 Å². The summed E-state index contributed by atoms with van der Waals surface area (Å²) < 4.78 is 1.27. The minimum absolute atomic E-state index is 0.310. The van der Waals surface area contributed by atoms with Crippen LogP contribution in [0.1, 0.15) is 44.0 Å². The van der Waals surface area contributed by atoms with Gasteiger partial charge in [-0.3, -0.25) is 0 Å². The molecule has 0 amide bonds. The molecule has 21 heavy (non-hydrogen) atoms. The molecule has 0 spiro atoms. The minimum atomic E-state index is 0.310. The van der Waals surface area contributed by atoms with E-state index in [0.29, 0.717) is 18.0 Å². The van der Waals surface area contributed by atoms with Gasteiger partial charge in [0.05, 0.1) is 0 Å². The Kier molecular flexibility index (Phi) is 6.08. The largest absolute Gasteiger partial charge is 0.303 e. The zero-order chi connectivity index (χ0) is 15.4. The summed E-state index contributed by atoms with van der Waals surface area (Å²) in [5.74, 6) is 0.512. The van der Waals surface area contributed by atoms with Crippen molar-refractivity contribution < 1.29 is 0 Å². The third-order valence-electron chi connectivity index (χ3n) is 3.70. The van der Waals surface area contributed by atoms with E-state index in [2.05, 4.69) is 85.1 Å². The number of rotatable bonds is 5. The molecule has 0 saturated heterocycles. The Bertz CT molecular complexity index is 563. The fourth-order valence-corrected chi connectivity index (χ4v) is 2.95. The van der Waals surface area contributed by atoms with Crippen LogP contribution in [0.4, 0.5) is 0 Å². The highest BCUT2D eigenvalue weighted by atomic mass is 127. The van der Waals surface area contributed by atoms with E-state index in [9.17, 15) is 0 Å². The predicted octanol–water partition coefficient (Wildman–Crippen LogP) is 5.99. The van der Waals surface area contributed by atoms with Crippen LogP contribution >= 0.6 is 34.2 Å². The van der Waals surface area contributed by atoms with Crippen molar-refractivity contribution in [1.29, 1.82) is 0 Å². The Morgan fingerprint density at radius 2 is 1.38 bits per heavy atom. The van der Waals surface area contributed by atoms with Crippen LogP contribution in [0.3, 0.4) is 0 Å². The second-order valence-corrected chi connectivity index (χ2v) is 7.40. The maximum Gasteiger partial charge on any atom is 0.0406 e. The monoisotopic (exact) mass is 413 g/mol. The Morgan fingerprint density at radius 3 is 1.90 bits per heavy atom. The average Bonchev–Trinajstić information content (AvgIpc) is 2.46. The molecule has 0 aliphatic rings. The SMILES string of the molecule is CC(NC(c1ccc(Cl)cc1)C(C)C)c1ccc(I)cc1. The van der Waals surface area contributed by atoms with Crippen molar-refractivity contribution in [1.82, 2.24) is 5.32 Å². The molecule has 2 atom stereocenters. The van der Waals surface area contributed by atoms with Gasteiger partial charge >= 0.3 is 0 Å². The van der Waals surface area contributed by atoms with Crippen molar-refractivity contribution >= 4 is 34.2 Å². The van der Waals surface area contributed by atoms with Crippen molar-refractivity contribution in [3.63, 3.8) is 0 Å². The third-order valence-corrected chi connectivity index (χ3v) is 4.67. The van der Waals surface area contributed by atoms with Gasteiger partial charge in [-0.1, -0.05) is 49.7 Å². The van der Waals surface area contributed by atoms with E-state index in [1.54, 1.807) is 0 Å². The molecule has 2 aromatic rings. The van der Waals surface area contributed by atoms with Crippen LogP contribution in [0.2, 0.25) is 5.02 Å². The number of hydrogen-bond donors (Lipinski definition) is 1. The van der Waals surface area contributed by atoms with Crippen molar-refractivity contribution in [2.75, 3.05) is 0 Å². The van der Waals surface area contributed by atoms with E-state index in [4.69, 9.17) is 11.6 Å². The first-order valence-corrected chi connectivity index (χ1v) is 8.70. The summed E-state index contributed by atoms with van der Waals surface area (Å²) in [5, 5.41) is 4.53. The van der Waals surface area contributed by atoms with E-state index < -0.39 is 0 Å². The normalized spacial score (nSPS) is 14.2. The molecule has 2 unspecified atom stereocenters. The lowest BCUT2D eigenvalue weighted by Crippen LogP contribution is -2.28. The highest BCUT2D eigenvalue weighted by Gasteiger charge is 2.18. The van der Waals surface area contributed by atoms with Gasteiger partial charge < -0.3 is 5.32 Å². The summed E-state index contributed by atoms with van der Waals surface area (Å²) >= 11 is 8.33. The van der Waals surface area contributed by atoms with Gasteiger partial charge in [-0.15, -0.1) is 0 Å². The van der Waals surface area contributed by atoms with Crippen LogP contribution < -0.4 is 5.32 Å². The molecule has 112 valence electrons. The summed E-state index contributed by atoms with van der Waals surface area (Å²) in [5.41, 5.74) is 2.60. The zero-order valence-electron chi connectivity index (χ0n) is 12.6. The highest BCUT2D eigenvalue weighted by molar-refractivity contribution is 14.1. The molecular weight excluding hydrogens is 393 g/mol. The fraction of sp³-hybridized carbons (Fsp3) is 0.333. The van der Waals surface area contributed by atoms with Crippen molar-refractivity contribution in [2.24, 2.45) is 5.92 Å². The lowest BCUT2D eigenvalue weighted by atomic mass is 9.94. The van der Waals surface area contributed by atoms with E-state index in [1.165, 1.54) is 14.7 Å². The van der Waals surface area contributed by atoms with E-state index in [1.807, 2.05) is 12.1 Å². The molecule has 0 aliphatic heterocycles. The summed E-state index contributed by atoms with van der Waals surface area (Å²) in [6, 6.07) is 17.5. The first kappa shape index (κ1) is 16.8. The number of hydrogen-bond acceptors (Lipinski definition) is 1. The maximum absolute atomic E-state index is 5.99. The molecule has 2 rings (SSSR count). The van der Waals surface area contributed by atoms with Crippen molar-refractivity contribution in [3.8, 4) is 0 Å². The van der Waals surface area contributed by atoms with E-state index >= 15 is 0 Å². The van der Waals surface area contributed by atoms with Gasteiger partial charge in [0.1, 0.15) is 0 Å². The second-order valence-electron chi connectivity index (χ2n) is 5.71. The second kappa shape index (κ2) is 7.61. The van der Waals surface area contributed by atoms with Gasteiger partial charge in [0, 0.05) is 20.7 Å². The molecule has 0 heterocycles. The van der Waals surface area contributed by atoms with Crippen molar-refractivity contribution in [2.45, 2.75) is 32.9 Å². The molecule has 0 saturated carbocycles. The first-order chi connectivity index (χ1) is 9.97. The molecule has 1 N–H and O–H groups in total. The summed E-state index contributed by atoms with van der Waals surface area (Å²) in [4.78, 5) is 0. The Balaban J connectivity index is 2.16. The molecule has 3 heteroatoms. The standard InChI is InChI=1S/C18H21ClIN/c1-12(2)18(15-4-8-16(19)9-5-15)21-13(3)14-6-10-17(20)11-7-14/h4-13,18,21H,1-3H3. The van der Waals surface area contributed by atoms with E-state index in [0.717, 1.165) is 5.02 Å². The lowest BCUT2D eigenvalue weighted by Gasteiger charge is -2.27. The average molecular weight is 414 g/mol.